The van der Waals surface area contributed by atoms with Crippen molar-refractivity contribution in [3.8, 4) is 0 Å². The van der Waals surface area contributed by atoms with E-state index < -0.39 is 12.0 Å². The maximum Gasteiger partial charge on any atom is 0.337 e. The lowest BCUT2D eigenvalue weighted by atomic mass is 9.87. The van der Waals surface area contributed by atoms with Gasteiger partial charge in [0, 0.05) is 5.69 Å². The fourth-order valence-corrected chi connectivity index (χ4v) is 1.42. The summed E-state index contributed by atoms with van der Waals surface area (Å²) in [6.45, 7) is 5.70. The molecule has 1 amide bonds. The first-order chi connectivity index (χ1) is 8.75. The number of benzene rings is 1. The average molecular weight is 264 g/mol. The molecule has 0 fully saturated rings. The summed E-state index contributed by atoms with van der Waals surface area (Å²) in [5, 5.41) is 2.72. The first-order valence-corrected chi connectivity index (χ1v) is 6.00. The van der Waals surface area contributed by atoms with Crippen LogP contribution in [0.15, 0.2) is 24.3 Å². The molecule has 0 aliphatic rings. The normalized spacial score (nSPS) is 12.7. The minimum Gasteiger partial charge on any atom is -0.465 e. The molecule has 0 saturated heterocycles. The Balaban J connectivity index is 2.73. The zero-order valence-corrected chi connectivity index (χ0v) is 11.7. The van der Waals surface area contributed by atoms with Crippen LogP contribution in [0.3, 0.4) is 0 Å². The van der Waals surface area contributed by atoms with E-state index in [0.717, 1.165) is 0 Å². The SMILES string of the molecule is COC(=O)c1ccc(NC(=O)[C@H](N)C(C)(C)C)cc1. The standard InChI is InChI=1S/C14H20N2O3/c1-14(2,3)11(15)12(17)16-10-7-5-9(6-8-10)13(18)19-4/h5-8,11H,15H2,1-4H3,(H,16,17)/t11-/m0/s1. The molecule has 0 aromatic heterocycles. The number of methoxy groups -OCH3 is 1. The van der Waals surface area contributed by atoms with Gasteiger partial charge in [0.1, 0.15) is 0 Å². The summed E-state index contributed by atoms with van der Waals surface area (Å²) in [6.07, 6.45) is 0. The maximum absolute atomic E-state index is 11.9. The van der Waals surface area contributed by atoms with Crippen LogP contribution in [-0.4, -0.2) is 25.0 Å². The highest BCUT2D eigenvalue weighted by Crippen LogP contribution is 2.19. The van der Waals surface area contributed by atoms with Gasteiger partial charge in [0.2, 0.25) is 5.91 Å². The number of esters is 1. The molecule has 5 nitrogen and oxygen atoms in total. The molecule has 0 aliphatic heterocycles. The summed E-state index contributed by atoms with van der Waals surface area (Å²) in [5.74, 6) is -0.664. The molecule has 0 heterocycles. The van der Waals surface area contributed by atoms with Gasteiger partial charge >= 0.3 is 5.97 Å². The Hall–Kier alpha value is -1.88. The smallest absolute Gasteiger partial charge is 0.337 e. The van der Waals surface area contributed by atoms with Crippen LogP contribution >= 0.6 is 0 Å². The Kier molecular flexibility index (Phi) is 4.67. The molecule has 0 radical (unpaired) electrons. The summed E-state index contributed by atoms with van der Waals surface area (Å²) in [7, 11) is 1.32. The Labute approximate surface area is 113 Å². The molecule has 1 atom stereocenters. The molecule has 19 heavy (non-hydrogen) atoms. The summed E-state index contributed by atoms with van der Waals surface area (Å²) in [5.41, 5.74) is 6.57. The fourth-order valence-electron chi connectivity index (χ4n) is 1.42. The van der Waals surface area contributed by atoms with Gasteiger partial charge in [-0.25, -0.2) is 4.79 Å². The number of anilines is 1. The van der Waals surface area contributed by atoms with Crippen LogP contribution in [0.5, 0.6) is 0 Å². The van der Waals surface area contributed by atoms with E-state index in [1.165, 1.54) is 7.11 Å². The topological polar surface area (TPSA) is 81.4 Å². The van der Waals surface area contributed by atoms with E-state index in [1.807, 2.05) is 20.8 Å². The first-order valence-electron chi connectivity index (χ1n) is 6.00. The highest BCUT2D eigenvalue weighted by atomic mass is 16.5. The van der Waals surface area contributed by atoms with Crippen molar-refractivity contribution in [2.45, 2.75) is 26.8 Å². The van der Waals surface area contributed by atoms with E-state index in [2.05, 4.69) is 10.1 Å². The van der Waals surface area contributed by atoms with E-state index in [9.17, 15) is 9.59 Å². The number of carbonyl (C=O) groups excluding carboxylic acids is 2. The molecular weight excluding hydrogens is 244 g/mol. The Bertz CT molecular complexity index is 461. The third-order valence-electron chi connectivity index (χ3n) is 2.79. The highest BCUT2D eigenvalue weighted by molar-refractivity contribution is 5.96. The number of rotatable bonds is 3. The number of amides is 1. The van der Waals surface area contributed by atoms with E-state index in [0.29, 0.717) is 11.3 Å². The van der Waals surface area contributed by atoms with Crippen molar-refractivity contribution in [1.29, 1.82) is 0 Å². The van der Waals surface area contributed by atoms with Crippen LogP contribution in [0.2, 0.25) is 0 Å². The zero-order chi connectivity index (χ0) is 14.6. The number of ether oxygens (including phenoxy) is 1. The van der Waals surface area contributed by atoms with Gasteiger partial charge in [0.05, 0.1) is 18.7 Å². The van der Waals surface area contributed by atoms with Crippen LogP contribution in [-0.2, 0) is 9.53 Å². The summed E-state index contributed by atoms with van der Waals surface area (Å²) in [4.78, 5) is 23.2. The minimum absolute atomic E-state index is 0.252. The Morgan fingerprint density at radius 3 is 2.16 bits per heavy atom. The Morgan fingerprint density at radius 1 is 1.21 bits per heavy atom. The summed E-state index contributed by atoms with van der Waals surface area (Å²) >= 11 is 0. The molecule has 0 aliphatic carbocycles. The first kappa shape index (κ1) is 15.2. The van der Waals surface area contributed by atoms with Gasteiger partial charge in [-0.1, -0.05) is 20.8 Å². The predicted molar refractivity (Wildman–Crippen MR) is 73.8 cm³/mol. The minimum atomic E-state index is -0.604. The third-order valence-corrected chi connectivity index (χ3v) is 2.79. The molecule has 104 valence electrons. The Morgan fingerprint density at radius 2 is 1.74 bits per heavy atom. The third kappa shape index (κ3) is 4.06. The van der Waals surface area contributed by atoms with Crippen LogP contribution in [0.25, 0.3) is 0 Å². The van der Waals surface area contributed by atoms with Crippen LogP contribution in [0.4, 0.5) is 5.69 Å². The molecule has 0 unspecified atom stereocenters. The van der Waals surface area contributed by atoms with Crippen molar-refractivity contribution < 1.29 is 14.3 Å². The van der Waals surface area contributed by atoms with Gasteiger partial charge in [-0.3, -0.25) is 4.79 Å². The fraction of sp³-hybridized carbons (Fsp3) is 0.429. The van der Waals surface area contributed by atoms with Crippen LogP contribution < -0.4 is 11.1 Å². The van der Waals surface area contributed by atoms with Gasteiger partial charge in [-0.2, -0.15) is 0 Å². The molecule has 1 aromatic rings. The van der Waals surface area contributed by atoms with Crippen LogP contribution in [0, 0.1) is 5.41 Å². The lowest BCUT2D eigenvalue weighted by molar-refractivity contribution is -0.119. The average Bonchev–Trinajstić information content (AvgIpc) is 2.36. The van der Waals surface area contributed by atoms with Crippen molar-refractivity contribution in [2.75, 3.05) is 12.4 Å². The number of nitrogens with one attached hydrogen (secondary N) is 1. The van der Waals surface area contributed by atoms with Crippen molar-refractivity contribution >= 4 is 17.6 Å². The number of hydrogen-bond acceptors (Lipinski definition) is 4. The van der Waals surface area contributed by atoms with Crippen molar-refractivity contribution in [3.63, 3.8) is 0 Å². The van der Waals surface area contributed by atoms with Crippen molar-refractivity contribution in [2.24, 2.45) is 11.1 Å². The maximum atomic E-state index is 11.9. The van der Waals surface area contributed by atoms with Gasteiger partial charge in [-0.15, -0.1) is 0 Å². The molecule has 3 N–H and O–H groups in total. The lowest BCUT2D eigenvalue weighted by Gasteiger charge is -2.25. The highest BCUT2D eigenvalue weighted by Gasteiger charge is 2.27. The number of nitrogens with two attached hydrogens (primary N) is 1. The van der Waals surface area contributed by atoms with Gasteiger partial charge in [-0.05, 0) is 29.7 Å². The molecule has 0 spiro atoms. The van der Waals surface area contributed by atoms with Gasteiger partial charge in [0.25, 0.3) is 0 Å². The van der Waals surface area contributed by atoms with E-state index in [-0.39, 0.29) is 11.3 Å². The molecule has 0 saturated carbocycles. The quantitative estimate of drug-likeness (QED) is 0.815. The second-order valence-corrected chi connectivity index (χ2v) is 5.40. The van der Waals surface area contributed by atoms with Crippen molar-refractivity contribution in [1.82, 2.24) is 0 Å². The predicted octanol–water partition coefficient (Wildman–Crippen LogP) is 1.79. The number of carbonyl (C=O) groups is 2. The summed E-state index contributed by atoms with van der Waals surface area (Å²) in [6, 6.07) is 5.85. The van der Waals surface area contributed by atoms with Gasteiger partial charge in [0.15, 0.2) is 0 Å². The monoisotopic (exact) mass is 264 g/mol. The molecule has 1 rings (SSSR count). The zero-order valence-electron chi connectivity index (χ0n) is 11.7. The molecule has 5 heteroatoms. The van der Waals surface area contributed by atoms with E-state index in [1.54, 1.807) is 24.3 Å². The van der Waals surface area contributed by atoms with E-state index in [4.69, 9.17) is 5.73 Å². The molecule has 0 bridgehead atoms. The van der Waals surface area contributed by atoms with E-state index >= 15 is 0 Å². The largest absolute Gasteiger partial charge is 0.465 e. The molecule has 1 aromatic carbocycles. The second kappa shape index (κ2) is 5.84. The van der Waals surface area contributed by atoms with Crippen molar-refractivity contribution in [3.05, 3.63) is 29.8 Å². The second-order valence-electron chi connectivity index (χ2n) is 5.40. The molecular formula is C14H20N2O3. The van der Waals surface area contributed by atoms with Crippen LogP contribution in [0.1, 0.15) is 31.1 Å². The van der Waals surface area contributed by atoms with Gasteiger partial charge < -0.3 is 15.8 Å². The lowest BCUT2D eigenvalue weighted by Crippen LogP contribution is -2.45. The summed E-state index contributed by atoms with van der Waals surface area (Å²) < 4.78 is 4.59. The number of hydrogen-bond donors (Lipinski definition) is 2.